The summed E-state index contributed by atoms with van der Waals surface area (Å²) < 4.78 is 28.0. The number of rotatable bonds is 2. The topological polar surface area (TPSA) is 17.8 Å². The third-order valence-electron chi connectivity index (χ3n) is 2.62. The molecule has 0 amide bonds. The molecule has 0 saturated heterocycles. The van der Waals surface area contributed by atoms with Gasteiger partial charge in [0, 0.05) is 12.3 Å². The smallest absolute Gasteiger partial charge is 0.128 e. The van der Waals surface area contributed by atoms with Crippen molar-refractivity contribution in [1.29, 1.82) is 0 Å². The first-order valence-corrected chi connectivity index (χ1v) is 5.49. The Morgan fingerprint density at radius 3 is 2.18 bits per heavy atom. The van der Waals surface area contributed by atoms with E-state index in [9.17, 15) is 8.78 Å². The van der Waals surface area contributed by atoms with E-state index in [-0.39, 0.29) is 5.92 Å². The van der Waals surface area contributed by atoms with E-state index < -0.39 is 11.6 Å². The second-order valence-electron chi connectivity index (χ2n) is 4.37. The monoisotopic (exact) mass is 236 g/mol. The first-order chi connectivity index (χ1) is 7.97. The molecule has 0 saturated carbocycles. The Hall–Kier alpha value is -1.71. The predicted octanol–water partition coefficient (Wildman–Crippen LogP) is 3.58. The molecule has 0 bridgehead atoms. The molecule has 0 radical (unpaired) electrons. The highest BCUT2D eigenvalue weighted by atomic mass is 19.1. The van der Waals surface area contributed by atoms with Crippen LogP contribution in [-0.4, -0.2) is 9.55 Å². The molecule has 90 valence electrons. The van der Waals surface area contributed by atoms with Gasteiger partial charge in [-0.2, -0.15) is 0 Å². The van der Waals surface area contributed by atoms with Gasteiger partial charge in [-0.25, -0.2) is 13.8 Å². The van der Waals surface area contributed by atoms with E-state index in [4.69, 9.17) is 0 Å². The van der Waals surface area contributed by atoms with Gasteiger partial charge in [0.05, 0.1) is 11.4 Å². The van der Waals surface area contributed by atoms with Crippen LogP contribution in [0.25, 0.3) is 5.69 Å². The predicted molar refractivity (Wildman–Crippen MR) is 62.3 cm³/mol. The van der Waals surface area contributed by atoms with E-state index in [1.54, 1.807) is 4.57 Å². The van der Waals surface area contributed by atoms with Gasteiger partial charge in [0.2, 0.25) is 0 Å². The molecule has 0 fully saturated rings. The van der Waals surface area contributed by atoms with Crippen molar-refractivity contribution < 1.29 is 8.78 Å². The molecule has 1 aromatic heterocycles. The quantitative estimate of drug-likeness (QED) is 0.779. The van der Waals surface area contributed by atoms with Crippen LogP contribution in [0.4, 0.5) is 8.78 Å². The third kappa shape index (κ3) is 2.35. The lowest BCUT2D eigenvalue weighted by Gasteiger charge is -2.05. The molecule has 1 heterocycles. The maximum atomic E-state index is 13.1. The lowest BCUT2D eigenvalue weighted by Crippen LogP contribution is -1.97. The summed E-state index contributed by atoms with van der Waals surface area (Å²) in [7, 11) is 0. The number of nitrogens with zero attached hydrogens (tertiary/aromatic N) is 2. The lowest BCUT2D eigenvalue weighted by atomic mass is 10.2. The molecule has 2 rings (SSSR count). The van der Waals surface area contributed by atoms with E-state index in [1.165, 1.54) is 12.1 Å². The van der Waals surface area contributed by atoms with Gasteiger partial charge in [-0.15, -0.1) is 0 Å². The van der Waals surface area contributed by atoms with E-state index in [1.807, 2.05) is 27.0 Å². The second-order valence-corrected chi connectivity index (χ2v) is 4.37. The van der Waals surface area contributed by atoms with Gasteiger partial charge in [0.1, 0.15) is 17.5 Å². The van der Waals surface area contributed by atoms with E-state index in [0.717, 1.165) is 17.6 Å². The second kappa shape index (κ2) is 4.28. The van der Waals surface area contributed by atoms with Crippen molar-refractivity contribution >= 4 is 0 Å². The van der Waals surface area contributed by atoms with Crippen LogP contribution in [0, 0.1) is 18.6 Å². The van der Waals surface area contributed by atoms with Gasteiger partial charge < -0.3 is 4.57 Å². The number of hydrogen-bond acceptors (Lipinski definition) is 1. The highest BCUT2D eigenvalue weighted by Crippen LogP contribution is 2.19. The number of benzene rings is 1. The first kappa shape index (κ1) is 11.8. The Labute approximate surface area is 98.9 Å². The molecular weight excluding hydrogens is 222 g/mol. The molecule has 4 heteroatoms. The zero-order valence-corrected chi connectivity index (χ0v) is 10.0. The van der Waals surface area contributed by atoms with Gasteiger partial charge in [-0.3, -0.25) is 0 Å². The maximum absolute atomic E-state index is 13.1. The number of aromatic nitrogens is 2. The zero-order valence-electron chi connectivity index (χ0n) is 10.0. The van der Waals surface area contributed by atoms with Crippen LogP contribution in [0.15, 0.2) is 24.4 Å². The summed E-state index contributed by atoms with van der Waals surface area (Å²) in [5.74, 6) is -0.162. The fourth-order valence-corrected chi connectivity index (χ4v) is 1.71. The van der Waals surface area contributed by atoms with Crippen LogP contribution in [0.2, 0.25) is 0 Å². The van der Waals surface area contributed by atoms with E-state index >= 15 is 0 Å². The molecule has 0 N–H and O–H groups in total. The minimum Gasteiger partial charge on any atom is -0.303 e. The molecule has 0 aliphatic carbocycles. The van der Waals surface area contributed by atoms with Crippen molar-refractivity contribution in [3.8, 4) is 5.69 Å². The Kier molecular flexibility index (Phi) is 2.96. The minimum absolute atomic E-state index is 0.286. The van der Waals surface area contributed by atoms with Crippen molar-refractivity contribution in [3.05, 3.63) is 47.5 Å². The van der Waals surface area contributed by atoms with Crippen LogP contribution in [0.1, 0.15) is 31.3 Å². The van der Waals surface area contributed by atoms with Crippen LogP contribution in [0.5, 0.6) is 0 Å². The summed E-state index contributed by atoms with van der Waals surface area (Å²) >= 11 is 0. The number of halogens is 2. The van der Waals surface area contributed by atoms with Gasteiger partial charge in [0.25, 0.3) is 0 Å². The van der Waals surface area contributed by atoms with E-state index in [2.05, 4.69) is 4.98 Å². The summed E-state index contributed by atoms with van der Waals surface area (Å²) in [4.78, 5) is 4.36. The Morgan fingerprint density at radius 2 is 1.71 bits per heavy atom. The Balaban J connectivity index is 2.52. The van der Waals surface area contributed by atoms with Crippen LogP contribution in [-0.2, 0) is 0 Å². The average molecular weight is 236 g/mol. The highest BCUT2D eigenvalue weighted by molar-refractivity contribution is 5.35. The maximum Gasteiger partial charge on any atom is 0.128 e. The minimum atomic E-state index is -0.584. The van der Waals surface area contributed by atoms with Gasteiger partial charge >= 0.3 is 0 Å². The van der Waals surface area contributed by atoms with Crippen molar-refractivity contribution in [1.82, 2.24) is 9.55 Å². The van der Waals surface area contributed by atoms with Gasteiger partial charge in [-0.1, -0.05) is 13.8 Å². The molecule has 0 atom stereocenters. The van der Waals surface area contributed by atoms with Crippen LogP contribution < -0.4 is 0 Å². The fourth-order valence-electron chi connectivity index (χ4n) is 1.71. The molecular formula is C13H14F2N2. The molecule has 1 aromatic carbocycles. The van der Waals surface area contributed by atoms with Crippen LogP contribution >= 0.6 is 0 Å². The summed E-state index contributed by atoms with van der Waals surface area (Å²) in [6.45, 7) is 5.87. The zero-order chi connectivity index (χ0) is 12.6. The van der Waals surface area contributed by atoms with Crippen molar-refractivity contribution in [2.24, 2.45) is 0 Å². The largest absolute Gasteiger partial charge is 0.303 e. The fraction of sp³-hybridized carbons (Fsp3) is 0.308. The molecule has 0 spiro atoms. The lowest BCUT2D eigenvalue weighted by molar-refractivity contribution is 0.581. The van der Waals surface area contributed by atoms with Crippen molar-refractivity contribution in [2.75, 3.05) is 0 Å². The van der Waals surface area contributed by atoms with Crippen molar-refractivity contribution in [2.45, 2.75) is 26.7 Å². The summed E-state index contributed by atoms with van der Waals surface area (Å²) in [6, 6.07) is 3.45. The van der Waals surface area contributed by atoms with Gasteiger partial charge in [0.15, 0.2) is 0 Å². The standard InChI is InChI=1S/C13H14F2N2/c1-8(2)13-7-17(9(3)16-13)12-5-10(14)4-11(15)6-12/h4-8H,1-3H3. The number of imidazole rings is 1. The molecule has 0 aliphatic heterocycles. The Bertz CT molecular complexity index is 524. The normalized spacial score (nSPS) is 11.2. The molecule has 2 nitrogen and oxygen atoms in total. The highest BCUT2D eigenvalue weighted by Gasteiger charge is 2.10. The molecule has 2 aromatic rings. The first-order valence-electron chi connectivity index (χ1n) is 5.49. The Morgan fingerprint density at radius 1 is 1.12 bits per heavy atom. The number of hydrogen-bond donors (Lipinski definition) is 0. The SMILES string of the molecule is Cc1nc(C(C)C)cn1-c1cc(F)cc(F)c1. The average Bonchev–Trinajstić information content (AvgIpc) is 2.59. The van der Waals surface area contributed by atoms with Crippen LogP contribution in [0.3, 0.4) is 0 Å². The molecule has 0 unspecified atom stereocenters. The third-order valence-corrected chi connectivity index (χ3v) is 2.62. The van der Waals surface area contributed by atoms with Crippen molar-refractivity contribution in [3.63, 3.8) is 0 Å². The summed E-state index contributed by atoms with van der Waals surface area (Å²) in [6.07, 6.45) is 1.81. The van der Waals surface area contributed by atoms with E-state index in [0.29, 0.717) is 5.69 Å². The van der Waals surface area contributed by atoms with Gasteiger partial charge in [-0.05, 0) is 25.0 Å². The summed E-state index contributed by atoms with van der Waals surface area (Å²) in [5.41, 5.74) is 1.37. The molecule has 0 aliphatic rings. The number of aryl methyl sites for hydroxylation is 1. The summed E-state index contributed by atoms with van der Waals surface area (Å²) in [5, 5.41) is 0. The molecule has 17 heavy (non-hydrogen) atoms.